The minimum atomic E-state index is -4.13. The van der Waals surface area contributed by atoms with E-state index in [1.807, 2.05) is 26.0 Å². The Morgan fingerprint density at radius 2 is 1.14 bits per heavy atom. The van der Waals surface area contributed by atoms with Gasteiger partial charge in [0.05, 0.1) is 17.5 Å². The second-order valence-electron chi connectivity index (χ2n) is 9.51. The molecule has 0 bridgehead atoms. The summed E-state index contributed by atoms with van der Waals surface area (Å²) < 4.78 is 62.2. The van der Waals surface area contributed by atoms with Crippen LogP contribution in [-0.4, -0.2) is 56.5 Å². The van der Waals surface area contributed by atoms with Gasteiger partial charge in [-0.05, 0) is 72.4 Å². The molecule has 0 aliphatic rings. The van der Waals surface area contributed by atoms with Crippen molar-refractivity contribution in [1.29, 1.82) is 0 Å². The van der Waals surface area contributed by atoms with E-state index in [4.69, 9.17) is 9.11 Å². The van der Waals surface area contributed by atoms with Crippen molar-refractivity contribution in [2.24, 2.45) is 0 Å². The number of anilines is 2. The third kappa shape index (κ3) is 10.8. The molecule has 0 heterocycles. The molecular formula is C27H30N2Na2O9S2. The average Bonchev–Trinajstić information content (AvgIpc) is 2.82. The third-order valence-electron chi connectivity index (χ3n) is 6.37. The number of aromatic carboxylic acids is 1. The molecule has 0 unspecified atom stereocenters. The Morgan fingerprint density at radius 3 is 1.50 bits per heavy atom. The van der Waals surface area contributed by atoms with E-state index in [0.717, 1.165) is 22.3 Å². The second-order valence-corrected chi connectivity index (χ2v) is 12.7. The summed E-state index contributed by atoms with van der Waals surface area (Å²) in [5.74, 6) is -3.67. The smallest absolute Gasteiger partial charge is 0.872 e. The van der Waals surface area contributed by atoms with Crippen LogP contribution in [0.25, 0.3) is 0 Å². The maximum Gasteiger partial charge on any atom is 1.00 e. The van der Waals surface area contributed by atoms with Gasteiger partial charge in [-0.25, -0.2) is 0 Å². The zero-order chi connectivity index (χ0) is 29.8. The normalized spacial score (nSPS) is 11.4. The van der Waals surface area contributed by atoms with Crippen molar-refractivity contribution in [3.05, 3.63) is 87.5 Å². The molecular weight excluding hydrogens is 606 g/mol. The third-order valence-corrected chi connectivity index (χ3v) is 7.81. The first kappa shape index (κ1) is 38.4. The minimum absolute atomic E-state index is 0. The molecule has 42 heavy (non-hydrogen) atoms. The van der Waals surface area contributed by atoms with Crippen molar-refractivity contribution >= 4 is 37.6 Å². The summed E-state index contributed by atoms with van der Waals surface area (Å²) in [6, 6.07) is 13.7. The van der Waals surface area contributed by atoms with E-state index in [9.17, 15) is 31.8 Å². The topological polar surface area (TPSA) is 196 Å². The van der Waals surface area contributed by atoms with Crippen molar-refractivity contribution in [2.45, 2.75) is 26.7 Å². The monoisotopic (exact) mass is 636 g/mol. The number of nitrogens with one attached hydrogen (secondary N) is 2. The number of carbonyl (C=O) groups is 1. The first-order valence-electron chi connectivity index (χ1n) is 12.2. The van der Waals surface area contributed by atoms with Crippen molar-refractivity contribution in [2.75, 3.05) is 35.2 Å². The van der Waals surface area contributed by atoms with Crippen LogP contribution >= 0.6 is 0 Å². The number of benzene rings is 3. The average molecular weight is 637 g/mol. The van der Waals surface area contributed by atoms with Gasteiger partial charge in [-0.2, -0.15) is 16.8 Å². The molecule has 15 heteroatoms. The molecule has 216 valence electrons. The molecule has 4 N–H and O–H groups in total. The van der Waals surface area contributed by atoms with Crippen LogP contribution in [0.2, 0.25) is 0 Å². The molecule has 0 fully saturated rings. The van der Waals surface area contributed by atoms with Crippen molar-refractivity contribution in [3.8, 4) is 5.75 Å². The van der Waals surface area contributed by atoms with Gasteiger partial charge in [0.1, 0.15) is 0 Å². The van der Waals surface area contributed by atoms with Crippen LogP contribution in [0.1, 0.15) is 49.7 Å². The van der Waals surface area contributed by atoms with Crippen LogP contribution in [-0.2, 0) is 20.2 Å². The molecule has 0 aliphatic heterocycles. The summed E-state index contributed by atoms with van der Waals surface area (Å²) >= 11 is 0. The Hall–Kier alpha value is -1.65. The number of aryl methyl sites for hydroxylation is 3. The molecule has 3 rings (SSSR count). The first-order chi connectivity index (χ1) is 18.6. The van der Waals surface area contributed by atoms with E-state index < -0.39 is 54.9 Å². The zero-order valence-electron chi connectivity index (χ0n) is 24.1. The molecule has 0 amide bonds. The van der Waals surface area contributed by atoms with Crippen LogP contribution < -0.4 is 80.0 Å². The molecule has 3 aromatic carbocycles. The van der Waals surface area contributed by atoms with Crippen molar-refractivity contribution < 1.29 is 100 Å². The van der Waals surface area contributed by atoms with Gasteiger partial charge in [0.2, 0.25) is 0 Å². The van der Waals surface area contributed by atoms with Crippen molar-refractivity contribution in [3.63, 3.8) is 0 Å². The fourth-order valence-corrected chi connectivity index (χ4v) is 5.18. The summed E-state index contributed by atoms with van der Waals surface area (Å²) in [5.41, 5.74) is 4.63. The van der Waals surface area contributed by atoms with E-state index in [1.165, 1.54) is 13.0 Å². The van der Waals surface area contributed by atoms with E-state index in [1.54, 1.807) is 30.3 Å². The number of hydrogen-bond acceptors (Lipinski definition) is 9. The molecule has 0 aromatic heterocycles. The number of carbonyl (C=O) groups excluding carboxylic acids is 1. The predicted molar refractivity (Wildman–Crippen MR) is 148 cm³/mol. The van der Waals surface area contributed by atoms with E-state index in [-0.39, 0.29) is 77.8 Å². The van der Waals surface area contributed by atoms with Gasteiger partial charge in [0.25, 0.3) is 20.2 Å². The summed E-state index contributed by atoms with van der Waals surface area (Å²) in [5, 5.41) is 30.1. The Morgan fingerprint density at radius 1 is 0.738 bits per heavy atom. The molecule has 0 saturated carbocycles. The van der Waals surface area contributed by atoms with Gasteiger partial charge in [-0.3, -0.25) is 9.11 Å². The number of carboxylic acids is 1. The fourth-order valence-electron chi connectivity index (χ4n) is 4.46. The molecule has 3 aromatic rings. The molecule has 11 nitrogen and oxygen atoms in total. The number of carboxylic acid groups (broad SMARTS) is 1. The number of rotatable bonds is 12. The first-order valence-corrected chi connectivity index (χ1v) is 15.4. The van der Waals surface area contributed by atoms with E-state index in [2.05, 4.69) is 10.6 Å². The zero-order valence-corrected chi connectivity index (χ0v) is 29.7. The second kappa shape index (κ2) is 15.9. The van der Waals surface area contributed by atoms with Crippen molar-refractivity contribution in [1.82, 2.24) is 0 Å². The quantitative estimate of drug-likeness (QED) is 0.0856. The Balaban J connectivity index is 0.00000441. The Labute approximate surface area is 290 Å². The maximum atomic E-state index is 12.4. The predicted octanol–water partition coefficient (Wildman–Crippen LogP) is -4.16. The van der Waals surface area contributed by atoms with Crippen LogP contribution in [0.3, 0.4) is 0 Å². The maximum absolute atomic E-state index is 12.4. The molecule has 0 saturated heterocycles. The van der Waals surface area contributed by atoms with Gasteiger partial charge in [-0.1, -0.05) is 41.6 Å². The van der Waals surface area contributed by atoms with Crippen LogP contribution in [0.5, 0.6) is 5.75 Å². The summed E-state index contributed by atoms with van der Waals surface area (Å²) in [6.45, 7) is 5.13. The van der Waals surface area contributed by atoms with Gasteiger partial charge in [0.15, 0.2) is 0 Å². The van der Waals surface area contributed by atoms with Gasteiger partial charge >= 0.3 is 59.1 Å². The fraction of sp³-hybridized carbons (Fsp3) is 0.296. The SMILES string of the molecule is Cc1cc(C(c2ccc(NCCS(=O)(=O)O)c(C)c2)c2cc(C)c([O-])c(C(=O)[O-])c2)ccc1NCCS(=O)(=O)O.[Na+].[Na+]. The van der Waals surface area contributed by atoms with Crippen LogP contribution in [0.4, 0.5) is 11.4 Å². The van der Waals surface area contributed by atoms with E-state index >= 15 is 0 Å². The summed E-state index contributed by atoms with van der Waals surface area (Å²) in [7, 11) is -8.26. The van der Waals surface area contributed by atoms with Crippen LogP contribution in [0, 0.1) is 20.8 Å². The Kier molecular flexibility index (Phi) is 14.5. The molecule has 0 radical (unpaired) electrons. The minimum Gasteiger partial charge on any atom is -0.872 e. The largest absolute Gasteiger partial charge is 1.00 e. The summed E-state index contributed by atoms with van der Waals surface area (Å²) in [4.78, 5) is 11.7. The molecule has 0 atom stereocenters. The molecule has 0 spiro atoms. The number of hydrogen-bond donors (Lipinski definition) is 4. The van der Waals surface area contributed by atoms with Gasteiger partial charge in [-0.15, -0.1) is 0 Å². The standard InChI is InChI=1S/C27H32N2O9S2.2Na/c1-16-12-19(4-6-23(16)28-8-10-39(33,34)35)25(21-14-18(3)26(30)22(15-21)27(31)32)20-5-7-24(17(2)13-20)29-9-11-40(36,37)38;;/h4-7,12-15,25,28-30H,8-11H2,1-3H3,(H,31,32)(H,33,34,35)(H,36,37,38);;/q;2*+1/p-2. The van der Waals surface area contributed by atoms with E-state index in [0.29, 0.717) is 16.9 Å². The van der Waals surface area contributed by atoms with Gasteiger partial charge in [0, 0.05) is 30.4 Å². The summed E-state index contributed by atoms with van der Waals surface area (Å²) in [6.07, 6.45) is 0. The van der Waals surface area contributed by atoms with Crippen LogP contribution in [0.15, 0.2) is 48.5 Å². The molecule has 0 aliphatic carbocycles. The Bertz CT molecular complexity index is 1560. The van der Waals surface area contributed by atoms with Gasteiger partial charge < -0.3 is 25.6 Å².